The molecule has 0 saturated heterocycles. The van der Waals surface area contributed by atoms with Gasteiger partial charge in [0.2, 0.25) is 0 Å². The van der Waals surface area contributed by atoms with E-state index in [2.05, 4.69) is 319 Å². The highest BCUT2D eigenvalue weighted by molar-refractivity contribution is 7.00. The number of anilines is 6. The molecule has 0 fully saturated rings. The van der Waals surface area contributed by atoms with Crippen LogP contribution >= 0.6 is 11.6 Å². The van der Waals surface area contributed by atoms with Crippen LogP contribution in [0.1, 0.15) is 0 Å². The van der Waals surface area contributed by atoms with E-state index in [1.165, 1.54) is 59.5 Å². The SMILES string of the molecule is Clc1cc2c3c(c1)N(c1ccccc1-n1c4ccccc4c4ccccc41)c1cc4c(cc1B3c1cc3c5ccccc5n(-c5ccccc5)c3cc1N2c1ccccc1-n1c2ccccc2c2ccccc21)c1ccccc1n4-c1ccccc1. The number of nitrogens with zero attached hydrogens (tertiary/aromatic N) is 6. The van der Waals surface area contributed by atoms with Crippen LogP contribution in [-0.2, 0) is 0 Å². The number of benzene rings is 13. The van der Waals surface area contributed by atoms with Crippen molar-refractivity contribution in [1.82, 2.24) is 18.3 Å². The maximum absolute atomic E-state index is 7.92. The third-order valence-electron chi connectivity index (χ3n) is 18.5. The first-order chi connectivity index (χ1) is 42.6. The Morgan fingerprint density at radius 2 is 0.512 bits per heavy atom. The van der Waals surface area contributed by atoms with Crippen molar-refractivity contribution in [3.05, 3.63) is 296 Å². The molecule has 0 amide bonds. The van der Waals surface area contributed by atoms with Crippen LogP contribution in [0.25, 0.3) is 110 Å². The van der Waals surface area contributed by atoms with E-state index < -0.39 is 0 Å². The van der Waals surface area contributed by atoms with Gasteiger partial charge in [0.1, 0.15) is 0 Å². The fourth-order valence-corrected chi connectivity index (χ4v) is 15.4. The van der Waals surface area contributed by atoms with Crippen molar-refractivity contribution < 1.29 is 0 Å². The fraction of sp³-hybridized carbons (Fsp3) is 0. The maximum Gasteiger partial charge on any atom is 0.252 e. The first kappa shape index (κ1) is 47.5. The molecule has 2 aliphatic heterocycles. The zero-order chi connectivity index (χ0) is 56.3. The number of para-hydroxylation sites is 12. The Morgan fingerprint density at radius 1 is 0.221 bits per heavy atom. The molecule has 6 nitrogen and oxygen atoms in total. The minimum absolute atomic E-state index is 0.248. The number of aromatic nitrogens is 4. The minimum Gasteiger partial charge on any atom is -0.309 e. The van der Waals surface area contributed by atoms with Crippen LogP contribution in [0.3, 0.4) is 0 Å². The number of rotatable bonds is 6. The first-order valence-electron chi connectivity index (χ1n) is 29.5. The Hall–Kier alpha value is -11.0. The third kappa shape index (κ3) is 6.52. The van der Waals surface area contributed by atoms with Crippen molar-refractivity contribution in [3.63, 3.8) is 0 Å². The molecule has 6 heterocycles. The summed E-state index contributed by atoms with van der Waals surface area (Å²) in [5.74, 6) is 0. The molecule has 0 unspecified atom stereocenters. The standard InChI is InChI=1S/C78H48BClN6/c80-49-43-76-78-77(44-49)86(71-42-22-20-40-69(71)84-66-37-17-9-29-54(66)55-30-10-18-38-67(55)84)75-48-73-59(57-32-12-14-34-63(57)82(73)51-25-5-2-6-26-51)46-61(75)79(78)60-45-58-56-31-11-13-33-62(56)81(50-23-3-1-4-24-50)72(58)47-74(60)85(76)70-41-21-19-39-68(70)83-64-35-15-7-27-52(64)53-28-8-16-36-65(53)83/h1-48H. The summed E-state index contributed by atoms with van der Waals surface area (Å²) in [7, 11) is 0. The summed E-state index contributed by atoms with van der Waals surface area (Å²) in [5, 5.41) is 10.3. The maximum atomic E-state index is 7.92. The van der Waals surface area contributed by atoms with Crippen molar-refractivity contribution in [2.75, 3.05) is 9.80 Å². The van der Waals surface area contributed by atoms with Crippen LogP contribution < -0.4 is 26.2 Å². The Bertz CT molecular complexity index is 5260. The van der Waals surface area contributed by atoms with Crippen molar-refractivity contribution in [2.24, 2.45) is 0 Å². The average Bonchev–Trinajstić information content (AvgIpc) is 1.04. The zero-order valence-corrected chi connectivity index (χ0v) is 47.1. The third-order valence-corrected chi connectivity index (χ3v) is 18.8. The van der Waals surface area contributed by atoms with Gasteiger partial charge in [0.15, 0.2) is 0 Å². The molecule has 19 rings (SSSR count). The van der Waals surface area contributed by atoms with Gasteiger partial charge >= 0.3 is 0 Å². The fourth-order valence-electron chi connectivity index (χ4n) is 15.2. The van der Waals surface area contributed by atoms with Crippen LogP contribution in [0.2, 0.25) is 5.02 Å². The summed E-state index contributed by atoms with van der Waals surface area (Å²) in [6, 6.07) is 107. The van der Waals surface area contributed by atoms with Crippen molar-refractivity contribution in [3.8, 4) is 22.7 Å². The smallest absolute Gasteiger partial charge is 0.252 e. The Labute approximate surface area is 500 Å². The Balaban J connectivity index is 0.982. The summed E-state index contributed by atoms with van der Waals surface area (Å²) < 4.78 is 9.83. The zero-order valence-electron chi connectivity index (χ0n) is 46.4. The molecule has 0 bridgehead atoms. The summed E-state index contributed by atoms with van der Waals surface area (Å²) in [6.45, 7) is -0.248. The van der Waals surface area contributed by atoms with Gasteiger partial charge in [-0.1, -0.05) is 194 Å². The largest absolute Gasteiger partial charge is 0.309 e. The second-order valence-corrected chi connectivity index (χ2v) is 23.3. The summed E-state index contributed by atoms with van der Waals surface area (Å²) in [4.78, 5) is 5.09. The second-order valence-electron chi connectivity index (χ2n) is 22.9. The molecule has 0 radical (unpaired) electrons. The van der Waals surface area contributed by atoms with Crippen molar-refractivity contribution >= 4 is 156 Å². The predicted octanol–water partition coefficient (Wildman–Crippen LogP) is 18.8. The number of halogens is 1. The van der Waals surface area contributed by atoms with Gasteiger partial charge in [0, 0.05) is 82.2 Å². The minimum atomic E-state index is -0.248. The second kappa shape index (κ2) is 18.0. The molecular formula is C78H48BClN6. The molecule has 4 aromatic heterocycles. The van der Waals surface area contributed by atoms with Crippen molar-refractivity contribution in [2.45, 2.75) is 0 Å². The quantitative estimate of drug-likeness (QED) is 0.155. The van der Waals surface area contributed by atoms with Gasteiger partial charge in [-0.15, -0.1) is 0 Å². The highest BCUT2D eigenvalue weighted by Gasteiger charge is 2.46. The normalized spacial score (nSPS) is 12.9. The Morgan fingerprint density at radius 3 is 0.872 bits per heavy atom. The lowest BCUT2D eigenvalue weighted by atomic mass is 9.33. The van der Waals surface area contributed by atoms with Gasteiger partial charge in [0.05, 0.1) is 66.9 Å². The van der Waals surface area contributed by atoms with Gasteiger partial charge in [-0.25, -0.2) is 0 Å². The number of fused-ring (bicyclic) bond motifs is 16. The first-order valence-corrected chi connectivity index (χ1v) is 29.9. The van der Waals surface area contributed by atoms with Crippen LogP contribution in [0.4, 0.5) is 34.1 Å². The number of hydrogen-bond donors (Lipinski definition) is 0. The molecule has 17 aromatic rings. The molecule has 0 spiro atoms. The molecular weight excluding hydrogens is 1070 g/mol. The highest BCUT2D eigenvalue weighted by Crippen LogP contribution is 2.51. The molecule has 400 valence electrons. The van der Waals surface area contributed by atoms with Gasteiger partial charge in [-0.2, -0.15) is 0 Å². The monoisotopic (exact) mass is 1110 g/mol. The molecule has 2 aliphatic rings. The van der Waals surface area contributed by atoms with Gasteiger partial charge < -0.3 is 28.1 Å². The lowest BCUT2D eigenvalue weighted by molar-refractivity contribution is 1.14. The molecule has 13 aromatic carbocycles. The van der Waals surface area contributed by atoms with Gasteiger partial charge in [-0.3, -0.25) is 0 Å². The van der Waals surface area contributed by atoms with E-state index in [-0.39, 0.29) is 6.71 Å². The van der Waals surface area contributed by atoms with E-state index in [1.807, 2.05) is 0 Å². The van der Waals surface area contributed by atoms with Crippen molar-refractivity contribution in [1.29, 1.82) is 0 Å². The van der Waals surface area contributed by atoms with E-state index in [0.29, 0.717) is 5.02 Å². The average molecular weight is 1120 g/mol. The molecule has 0 aliphatic carbocycles. The van der Waals surface area contributed by atoms with Crippen LogP contribution in [-0.4, -0.2) is 25.0 Å². The summed E-state index contributed by atoms with van der Waals surface area (Å²) in [6.07, 6.45) is 0. The van der Waals surface area contributed by atoms with Crippen LogP contribution in [0, 0.1) is 0 Å². The predicted molar refractivity (Wildman–Crippen MR) is 363 cm³/mol. The van der Waals surface area contributed by atoms with E-state index in [4.69, 9.17) is 11.6 Å². The molecule has 8 heteroatoms. The molecule has 0 N–H and O–H groups in total. The molecule has 0 atom stereocenters. The van der Waals surface area contributed by atoms with Crippen LogP contribution in [0.15, 0.2) is 291 Å². The molecule has 86 heavy (non-hydrogen) atoms. The Kier molecular flexibility index (Phi) is 9.95. The number of hydrogen-bond acceptors (Lipinski definition) is 2. The van der Waals surface area contributed by atoms with E-state index in [0.717, 1.165) is 101 Å². The highest BCUT2D eigenvalue weighted by atomic mass is 35.5. The lowest BCUT2D eigenvalue weighted by Gasteiger charge is -2.45. The van der Waals surface area contributed by atoms with E-state index in [1.54, 1.807) is 0 Å². The summed E-state index contributed by atoms with van der Waals surface area (Å²) in [5.41, 5.74) is 23.4. The molecule has 0 saturated carbocycles. The van der Waals surface area contributed by atoms with E-state index >= 15 is 0 Å². The lowest BCUT2D eigenvalue weighted by Crippen LogP contribution is -2.61. The topological polar surface area (TPSA) is 26.2 Å². The van der Waals surface area contributed by atoms with Crippen LogP contribution in [0.5, 0.6) is 0 Å². The van der Waals surface area contributed by atoms with E-state index in [9.17, 15) is 0 Å². The van der Waals surface area contributed by atoms with Gasteiger partial charge in [-0.05, 0) is 126 Å². The summed E-state index contributed by atoms with van der Waals surface area (Å²) >= 11 is 7.92. The van der Waals surface area contributed by atoms with Gasteiger partial charge in [0.25, 0.3) is 6.71 Å².